The maximum absolute atomic E-state index is 2.69. The zero-order chi connectivity index (χ0) is 70.6. The number of para-hydroxylation sites is 12. The molecule has 7 heterocycles. The smallest absolute Gasteiger partial charge is 0.252 e. The number of hydrogen-bond donors (Lipinski definition) is 0. The Hall–Kier alpha value is -13.0. The minimum atomic E-state index is -0.304. The fourth-order valence-electron chi connectivity index (χ4n) is 18.5. The molecule has 0 atom stereocenters. The van der Waals surface area contributed by atoms with Gasteiger partial charge >= 0.3 is 0 Å². The Morgan fingerprint density at radius 3 is 0.840 bits per heavy atom. The second kappa shape index (κ2) is 22.2. The molecule has 20 aromatic rings. The van der Waals surface area contributed by atoms with Gasteiger partial charge in [-0.2, -0.15) is 0 Å². The topological polar surface area (TPSA) is 31.1 Å². The predicted molar refractivity (Wildman–Crippen MR) is 450 cm³/mol. The number of fused-ring (bicyclic) bond motifs is 19. The fraction of sp³-hybridized carbons (Fsp3) is 0.0816. The zero-order valence-corrected chi connectivity index (χ0v) is 59.9. The third-order valence-corrected chi connectivity index (χ3v) is 23.3. The predicted octanol–water partition coefficient (Wildman–Crippen LogP) is 23.8. The van der Waals surface area contributed by atoms with Crippen molar-refractivity contribution in [3.8, 4) is 28.4 Å². The Morgan fingerprint density at radius 2 is 0.481 bits per heavy atom. The molecule has 0 amide bonds. The molecular weight excluding hydrogens is 1290 g/mol. The average Bonchev–Trinajstić information content (AvgIpc) is 1.12. The summed E-state index contributed by atoms with van der Waals surface area (Å²) >= 11 is 0. The molecule has 22 rings (SSSR count). The first kappa shape index (κ1) is 60.5. The van der Waals surface area contributed by atoms with Gasteiger partial charge in [0.05, 0.1) is 83.6 Å². The van der Waals surface area contributed by atoms with Crippen LogP contribution in [0.15, 0.2) is 328 Å². The SMILES string of the molecule is CC(C)(C)c1ccc2c3ccc(C(C)(C)C)cc3n(-c3cc4c5c(c3)N(c3ccccc3-n3c6ccccc6c6ccccc63)c3cc6c(cc3B5c3cc5c7ccccc7n(-c7ccccc7)c5cc3N4c3ccccc3-n3c4ccccc4c4ccccc43)c3ccccc3n6-c3ccccc3)c2c1. The molecule has 2 aliphatic heterocycles. The van der Waals surface area contributed by atoms with Crippen LogP contribution >= 0.6 is 0 Å². The van der Waals surface area contributed by atoms with Gasteiger partial charge < -0.3 is 32.6 Å². The molecule has 0 aliphatic carbocycles. The van der Waals surface area contributed by atoms with E-state index in [1.54, 1.807) is 0 Å². The van der Waals surface area contributed by atoms with Crippen LogP contribution in [0.2, 0.25) is 0 Å². The summed E-state index contributed by atoms with van der Waals surface area (Å²) in [5, 5.41) is 12.1. The van der Waals surface area contributed by atoms with Crippen molar-refractivity contribution in [3.05, 3.63) is 339 Å². The lowest BCUT2D eigenvalue weighted by Gasteiger charge is -2.45. The second-order valence-electron chi connectivity index (χ2n) is 31.3. The lowest BCUT2D eigenvalue weighted by atomic mass is 9.33. The van der Waals surface area contributed by atoms with Gasteiger partial charge in [-0.3, -0.25) is 0 Å². The molecule has 0 N–H and O–H groups in total. The molecule has 0 saturated carbocycles. The van der Waals surface area contributed by atoms with Gasteiger partial charge in [0.1, 0.15) is 0 Å². The molecular formula is C98H72BN7. The minimum Gasteiger partial charge on any atom is -0.309 e. The molecule has 0 unspecified atom stereocenters. The summed E-state index contributed by atoms with van der Waals surface area (Å²) in [6.07, 6.45) is 0. The molecule has 8 heteroatoms. The largest absolute Gasteiger partial charge is 0.309 e. The van der Waals surface area contributed by atoms with Crippen molar-refractivity contribution in [1.29, 1.82) is 0 Å². The number of aromatic nitrogens is 5. The molecule has 0 radical (unpaired) electrons. The number of benzene rings is 15. The van der Waals surface area contributed by atoms with Crippen LogP contribution in [0.1, 0.15) is 52.7 Å². The monoisotopic (exact) mass is 1360 g/mol. The molecule has 0 spiro atoms. The number of anilines is 6. The third-order valence-electron chi connectivity index (χ3n) is 23.3. The maximum atomic E-state index is 2.69. The van der Waals surface area contributed by atoms with Gasteiger partial charge in [-0.15, -0.1) is 0 Å². The van der Waals surface area contributed by atoms with Crippen LogP contribution in [0.4, 0.5) is 34.1 Å². The Kier molecular flexibility index (Phi) is 12.7. The van der Waals surface area contributed by atoms with E-state index in [4.69, 9.17) is 0 Å². The van der Waals surface area contributed by atoms with E-state index in [1.165, 1.54) is 92.4 Å². The zero-order valence-electron chi connectivity index (χ0n) is 59.9. The summed E-state index contributed by atoms with van der Waals surface area (Å²) in [4.78, 5) is 5.38. The van der Waals surface area contributed by atoms with E-state index in [0.29, 0.717) is 0 Å². The molecule has 7 nitrogen and oxygen atoms in total. The van der Waals surface area contributed by atoms with Gasteiger partial charge in [0, 0.05) is 88.0 Å². The maximum Gasteiger partial charge on any atom is 0.252 e. The van der Waals surface area contributed by atoms with Crippen molar-refractivity contribution >= 4 is 166 Å². The molecule has 502 valence electrons. The molecule has 0 saturated heterocycles. The number of nitrogens with zero attached hydrogens (tertiary/aromatic N) is 7. The molecule has 0 bridgehead atoms. The summed E-state index contributed by atoms with van der Waals surface area (Å²) < 4.78 is 12.7. The molecule has 106 heavy (non-hydrogen) atoms. The van der Waals surface area contributed by atoms with E-state index in [0.717, 1.165) is 107 Å². The summed E-state index contributed by atoms with van der Waals surface area (Å²) in [7, 11) is 0. The van der Waals surface area contributed by atoms with E-state index < -0.39 is 0 Å². The summed E-state index contributed by atoms with van der Waals surface area (Å²) in [5.74, 6) is 0. The number of rotatable bonds is 7. The molecule has 2 aliphatic rings. The fourth-order valence-corrected chi connectivity index (χ4v) is 18.5. The van der Waals surface area contributed by atoms with Crippen LogP contribution in [0.3, 0.4) is 0 Å². The van der Waals surface area contributed by atoms with Crippen molar-refractivity contribution in [2.75, 3.05) is 9.80 Å². The van der Waals surface area contributed by atoms with Crippen LogP contribution in [0.25, 0.3) is 137 Å². The van der Waals surface area contributed by atoms with Crippen LogP contribution in [0, 0.1) is 0 Å². The van der Waals surface area contributed by atoms with Crippen molar-refractivity contribution < 1.29 is 0 Å². The first-order valence-corrected chi connectivity index (χ1v) is 37.2. The van der Waals surface area contributed by atoms with Gasteiger partial charge in [-0.1, -0.05) is 248 Å². The van der Waals surface area contributed by atoms with Crippen LogP contribution < -0.4 is 26.2 Å². The first-order valence-electron chi connectivity index (χ1n) is 37.2. The second-order valence-corrected chi connectivity index (χ2v) is 31.3. The first-order chi connectivity index (χ1) is 51.9. The highest BCUT2D eigenvalue weighted by Gasteiger charge is 2.46. The Morgan fingerprint density at radius 1 is 0.198 bits per heavy atom. The standard InChI is InChI=1S/C98H72BN7/c1-97(2,3)61-49-51-72-73-52-50-62(98(4,5)6)54-89(73)102(88(72)53-61)65-55-94-96-95(56-65)106(87-48-28-26-46-85(87)104-82-43-23-15-35-68(82)69-36-16-24-44-83(69)104)93-60-91-75(71-38-18-20-40-79(71)101(91)64-31-11-8-12-32-64)58-77(93)99(96)76-57-74-70-37-17-19-39-78(70)100(63-29-9-7-10-30-63)90(74)59-92(76)105(94)86-47-27-25-45-84(86)103-80-41-21-13-33-66(80)67-34-14-22-42-81(67)103/h7-60H,1-6H3. The Bertz CT molecular complexity index is 6600. The molecule has 0 fully saturated rings. The summed E-state index contributed by atoms with van der Waals surface area (Å²) in [5.41, 5.74) is 29.5. The molecule has 5 aromatic heterocycles. The lowest BCUT2D eigenvalue weighted by molar-refractivity contribution is 0.591. The van der Waals surface area contributed by atoms with E-state index >= 15 is 0 Å². The van der Waals surface area contributed by atoms with Gasteiger partial charge in [-0.25, -0.2) is 0 Å². The Balaban J connectivity index is 0.962. The van der Waals surface area contributed by atoms with E-state index in [-0.39, 0.29) is 17.5 Å². The van der Waals surface area contributed by atoms with Gasteiger partial charge in [-0.05, 0) is 160 Å². The van der Waals surface area contributed by atoms with Gasteiger partial charge in [0.25, 0.3) is 6.71 Å². The van der Waals surface area contributed by atoms with Crippen molar-refractivity contribution in [2.24, 2.45) is 0 Å². The minimum absolute atomic E-state index is 0.143. The molecule has 15 aromatic carbocycles. The normalized spacial score (nSPS) is 13.1. The van der Waals surface area contributed by atoms with E-state index in [1.807, 2.05) is 0 Å². The summed E-state index contributed by atoms with van der Waals surface area (Å²) in [6.45, 7) is 13.8. The van der Waals surface area contributed by atoms with Gasteiger partial charge in [0.2, 0.25) is 0 Å². The third kappa shape index (κ3) is 8.58. The lowest BCUT2D eigenvalue weighted by Crippen LogP contribution is -2.61. The number of hydrogen-bond acceptors (Lipinski definition) is 2. The van der Waals surface area contributed by atoms with Gasteiger partial charge in [0.15, 0.2) is 0 Å². The quantitative estimate of drug-likeness (QED) is 0.149. The van der Waals surface area contributed by atoms with Crippen LogP contribution in [0.5, 0.6) is 0 Å². The van der Waals surface area contributed by atoms with Crippen molar-refractivity contribution in [2.45, 2.75) is 52.4 Å². The highest BCUT2D eigenvalue weighted by molar-refractivity contribution is 7.00. The summed E-state index contributed by atoms with van der Waals surface area (Å²) in [6, 6.07) is 124. The Labute approximate surface area is 614 Å². The highest BCUT2D eigenvalue weighted by atomic mass is 15.2. The van der Waals surface area contributed by atoms with Crippen LogP contribution in [-0.2, 0) is 10.8 Å². The average molecular weight is 1360 g/mol. The van der Waals surface area contributed by atoms with E-state index in [2.05, 4.69) is 402 Å². The van der Waals surface area contributed by atoms with Crippen molar-refractivity contribution in [3.63, 3.8) is 0 Å². The van der Waals surface area contributed by atoms with E-state index in [9.17, 15) is 0 Å². The van der Waals surface area contributed by atoms with Crippen LogP contribution in [-0.4, -0.2) is 29.5 Å². The van der Waals surface area contributed by atoms with Crippen molar-refractivity contribution in [1.82, 2.24) is 22.8 Å². The highest BCUT2D eigenvalue weighted by Crippen LogP contribution is 2.53.